The Morgan fingerprint density at radius 2 is 2.15 bits per heavy atom. The van der Waals surface area contributed by atoms with Crippen molar-refractivity contribution in [1.29, 1.82) is 0 Å². The molecular formula is C8H14N4O. The number of nitrogen functional groups attached to an aromatic ring is 1. The van der Waals surface area contributed by atoms with Crippen LogP contribution in [-0.2, 0) is 0 Å². The maximum atomic E-state index is 10.9. The largest absolute Gasteiger partial charge is 0.383 e. The first kappa shape index (κ1) is 9.73. The lowest BCUT2D eigenvalue weighted by Crippen LogP contribution is -2.23. The highest BCUT2D eigenvalue weighted by molar-refractivity contribution is 5.29. The normalized spacial score (nSPS) is 13.2. The highest BCUT2D eigenvalue weighted by atomic mass is 16.1. The summed E-state index contributed by atoms with van der Waals surface area (Å²) < 4.78 is 0. The molecule has 1 rings (SSSR count). The Balaban J connectivity index is 3.08. The Morgan fingerprint density at radius 1 is 1.54 bits per heavy atom. The summed E-state index contributed by atoms with van der Waals surface area (Å²) in [6.07, 6.45) is 0. The third-order valence-electron chi connectivity index (χ3n) is 1.86. The molecule has 13 heavy (non-hydrogen) atoms. The summed E-state index contributed by atoms with van der Waals surface area (Å²) in [7, 11) is 0. The number of nitrogens with zero attached hydrogens (tertiary/aromatic N) is 1. The van der Waals surface area contributed by atoms with Crippen LogP contribution in [0, 0.1) is 5.92 Å². The molecule has 0 aromatic carbocycles. The first-order valence-corrected chi connectivity index (χ1v) is 4.13. The van der Waals surface area contributed by atoms with Crippen molar-refractivity contribution < 1.29 is 0 Å². The first-order valence-electron chi connectivity index (χ1n) is 4.13. The van der Waals surface area contributed by atoms with Crippen molar-refractivity contribution in [3.05, 3.63) is 22.2 Å². The number of hydrogen-bond acceptors (Lipinski definition) is 4. The van der Waals surface area contributed by atoms with Crippen molar-refractivity contribution in [2.24, 2.45) is 11.7 Å². The standard InChI is InChI=1S/C8H14N4O/c1-4(2)7(10)5-3-6(9)12-8(13)11-5/h3-4,7H,10H2,1-2H3,(H3,9,11,12,13)/t7-/m0/s1. The van der Waals surface area contributed by atoms with Crippen LogP contribution in [0.1, 0.15) is 25.6 Å². The Hall–Kier alpha value is -1.36. The van der Waals surface area contributed by atoms with Crippen LogP contribution < -0.4 is 17.2 Å². The highest BCUT2D eigenvalue weighted by Crippen LogP contribution is 2.15. The van der Waals surface area contributed by atoms with Crippen LogP contribution in [0.4, 0.5) is 5.82 Å². The van der Waals surface area contributed by atoms with Crippen LogP contribution in [0.2, 0.25) is 0 Å². The fraction of sp³-hybridized carbons (Fsp3) is 0.500. The van der Waals surface area contributed by atoms with Gasteiger partial charge in [-0.2, -0.15) is 4.98 Å². The van der Waals surface area contributed by atoms with Crippen molar-refractivity contribution in [1.82, 2.24) is 9.97 Å². The Bertz CT molecular complexity index is 344. The number of aromatic amines is 1. The van der Waals surface area contributed by atoms with Gasteiger partial charge < -0.3 is 16.5 Å². The van der Waals surface area contributed by atoms with E-state index in [2.05, 4.69) is 9.97 Å². The molecule has 0 fully saturated rings. The highest BCUT2D eigenvalue weighted by Gasteiger charge is 2.11. The van der Waals surface area contributed by atoms with E-state index in [1.807, 2.05) is 13.8 Å². The minimum Gasteiger partial charge on any atom is -0.383 e. The summed E-state index contributed by atoms with van der Waals surface area (Å²) in [6, 6.07) is 1.38. The van der Waals surface area contributed by atoms with Crippen LogP contribution in [0.15, 0.2) is 10.9 Å². The second-order valence-electron chi connectivity index (χ2n) is 3.34. The van der Waals surface area contributed by atoms with Gasteiger partial charge in [-0.25, -0.2) is 4.79 Å². The molecule has 0 aliphatic carbocycles. The Morgan fingerprint density at radius 3 is 2.62 bits per heavy atom. The molecule has 72 valence electrons. The van der Waals surface area contributed by atoms with Crippen LogP contribution in [0.25, 0.3) is 0 Å². The summed E-state index contributed by atoms with van der Waals surface area (Å²) in [5.41, 5.74) is 11.4. The van der Waals surface area contributed by atoms with E-state index in [1.165, 1.54) is 0 Å². The van der Waals surface area contributed by atoms with Crippen LogP contribution >= 0.6 is 0 Å². The third kappa shape index (κ3) is 2.29. The van der Waals surface area contributed by atoms with Crippen LogP contribution in [-0.4, -0.2) is 9.97 Å². The second kappa shape index (κ2) is 3.57. The van der Waals surface area contributed by atoms with E-state index >= 15 is 0 Å². The van der Waals surface area contributed by atoms with Gasteiger partial charge in [0, 0.05) is 17.8 Å². The van der Waals surface area contributed by atoms with Crippen molar-refractivity contribution in [2.75, 3.05) is 5.73 Å². The summed E-state index contributed by atoms with van der Waals surface area (Å²) in [5, 5.41) is 0. The summed E-state index contributed by atoms with van der Waals surface area (Å²) in [5.74, 6) is 0.451. The average Bonchev–Trinajstić information content (AvgIpc) is 2.01. The molecule has 0 amide bonds. The summed E-state index contributed by atoms with van der Waals surface area (Å²) in [6.45, 7) is 3.94. The zero-order valence-corrected chi connectivity index (χ0v) is 7.74. The number of aromatic nitrogens is 2. The molecule has 0 spiro atoms. The number of nitrogens with two attached hydrogens (primary N) is 2. The SMILES string of the molecule is CC(C)[C@H](N)c1cc(N)nc(=O)[nH]1. The fourth-order valence-electron chi connectivity index (χ4n) is 1.04. The van der Waals surface area contributed by atoms with E-state index in [4.69, 9.17) is 11.5 Å². The third-order valence-corrected chi connectivity index (χ3v) is 1.86. The lowest BCUT2D eigenvalue weighted by atomic mass is 10.0. The van der Waals surface area contributed by atoms with Gasteiger partial charge in [0.25, 0.3) is 0 Å². The van der Waals surface area contributed by atoms with Gasteiger partial charge in [-0.15, -0.1) is 0 Å². The number of rotatable bonds is 2. The van der Waals surface area contributed by atoms with Gasteiger partial charge in [-0.1, -0.05) is 13.8 Å². The van der Waals surface area contributed by atoms with Crippen molar-refractivity contribution >= 4 is 5.82 Å². The average molecular weight is 182 g/mol. The minimum atomic E-state index is -0.453. The van der Waals surface area contributed by atoms with E-state index in [-0.39, 0.29) is 17.8 Å². The second-order valence-corrected chi connectivity index (χ2v) is 3.34. The van der Waals surface area contributed by atoms with Gasteiger partial charge in [-0.05, 0) is 5.92 Å². The lowest BCUT2D eigenvalue weighted by Gasteiger charge is -2.15. The van der Waals surface area contributed by atoms with Crippen molar-refractivity contribution in [3.8, 4) is 0 Å². The van der Waals surface area contributed by atoms with Gasteiger partial charge in [-0.3, -0.25) is 0 Å². The van der Waals surface area contributed by atoms with Crippen LogP contribution in [0.3, 0.4) is 0 Å². The van der Waals surface area contributed by atoms with E-state index in [1.54, 1.807) is 6.07 Å². The quantitative estimate of drug-likeness (QED) is 0.600. The predicted molar refractivity (Wildman–Crippen MR) is 51.0 cm³/mol. The molecule has 0 unspecified atom stereocenters. The van der Waals surface area contributed by atoms with E-state index in [0.717, 1.165) is 0 Å². The molecule has 1 atom stereocenters. The van der Waals surface area contributed by atoms with Gasteiger partial charge in [0.2, 0.25) is 0 Å². The Labute approximate surface area is 76.2 Å². The van der Waals surface area contributed by atoms with Crippen LogP contribution in [0.5, 0.6) is 0 Å². The van der Waals surface area contributed by atoms with Gasteiger partial charge >= 0.3 is 5.69 Å². The number of H-pyrrole nitrogens is 1. The maximum absolute atomic E-state index is 10.9. The molecule has 1 heterocycles. The molecule has 0 aliphatic rings. The molecule has 0 radical (unpaired) electrons. The molecule has 0 bridgehead atoms. The number of hydrogen-bond donors (Lipinski definition) is 3. The Kier molecular flexibility index (Phi) is 2.67. The van der Waals surface area contributed by atoms with Gasteiger partial charge in [0.05, 0.1) is 0 Å². The van der Waals surface area contributed by atoms with Crippen molar-refractivity contribution in [2.45, 2.75) is 19.9 Å². The van der Waals surface area contributed by atoms with Gasteiger partial charge in [0.1, 0.15) is 5.82 Å². The van der Waals surface area contributed by atoms with E-state index < -0.39 is 5.69 Å². The molecule has 5 heteroatoms. The molecular weight excluding hydrogens is 168 g/mol. The lowest BCUT2D eigenvalue weighted by molar-refractivity contribution is 0.501. The smallest absolute Gasteiger partial charge is 0.347 e. The van der Waals surface area contributed by atoms with E-state index in [0.29, 0.717) is 5.69 Å². The summed E-state index contributed by atoms with van der Waals surface area (Å²) >= 11 is 0. The first-order chi connectivity index (χ1) is 6.00. The predicted octanol–water partition coefficient (Wildman–Crippen LogP) is 0.00790. The van der Waals surface area contributed by atoms with Crippen molar-refractivity contribution in [3.63, 3.8) is 0 Å². The van der Waals surface area contributed by atoms with E-state index in [9.17, 15) is 4.79 Å². The molecule has 5 N–H and O–H groups in total. The zero-order valence-electron chi connectivity index (χ0n) is 7.74. The molecule has 1 aromatic heterocycles. The maximum Gasteiger partial charge on any atom is 0.347 e. The fourth-order valence-corrected chi connectivity index (χ4v) is 1.04. The molecule has 1 aromatic rings. The molecule has 0 saturated carbocycles. The zero-order chi connectivity index (χ0) is 10.0. The molecule has 0 saturated heterocycles. The molecule has 0 aliphatic heterocycles. The monoisotopic (exact) mass is 182 g/mol. The molecule has 5 nitrogen and oxygen atoms in total. The topological polar surface area (TPSA) is 97.8 Å². The minimum absolute atomic E-state index is 0.204. The number of anilines is 1. The van der Waals surface area contributed by atoms with Gasteiger partial charge in [0.15, 0.2) is 0 Å². The summed E-state index contributed by atoms with van der Waals surface area (Å²) in [4.78, 5) is 17.0. The number of nitrogens with one attached hydrogen (secondary N) is 1.